The second-order valence-electron chi connectivity index (χ2n) is 5.03. The zero-order valence-electron chi connectivity index (χ0n) is 10.5. The minimum atomic E-state index is 0.0656. The Morgan fingerprint density at radius 2 is 2.24 bits per heavy atom. The summed E-state index contributed by atoms with van der Waals surface area (Å²) in [5, 5.41) is 9.00. The van der Waals surface area contributed by atoms with Gasteiger partial charge in [0.15, 0.2) is 0 Å². The van der Waals surface area contributed by atoms with Crippen molar-refractivity contribution in [1.29, 1.82) is 0 Å². The van der Waals surface area contributed by atoms with E-state index in [1.165, 1.54) is 6.42 Å². The highest BCUT2D eigenvalue weighted by Gasteiger charge is 2.23. The number of nitrogens with zero attached hydrogens (tertiary/aromatic N) is 2. The molecule has 1 aliphatic rings. The van der Waals surface area contributed by atoms with Crippen molar-refractivity contribution < 1.29 is 5.11 Å². The van der Waals surface area contributed by atoms with Gasteiger partial charge in [-0.15, -0.1) is 0 Å². The van der Waals surface area contributed by atoms with Crippen molar-refractivity contribution in [1.82, 2.24) is 4.98 Å². The predicted molar refractivity (Wildman–Crippen MR) is 73.5 cm³/mol. The summed E-state index contributed by atoms with van der Waals surface area (Å²) in [5.74, 6) is 2.18. The second kappa shape index (κ2) is 5.27. The highest BCUT2D eigenvalue weighted by atomic mass is 32.2. The zero-order chi connectivity index (χ0) is 12.3. The number of anilines is 1. The van der Waals surface area contributed by atoms with Crippen LogP contribution >= 0.6 is 11.8 Å². The first-order valence-corrected chi connectivity index (χ1v) is 7.04. The molecule has 0 spiro atoms. The van der Waals surface area contributed by atoms with Crippen LogP contribution in [0.3, 0.4) is 0 Å². The lowest BCUT2D eigenvalue weighted by atomic mass is 10.1. The number of pyridine rings is 1. The molecule has 0 radical (unpaired) electrons. The molecule has 1 N–H and O–H groups in total. The Bertz CT molecular complexity index is 364. The van der Waals surface area contributed by atoms with E-state index in [1.54, 1.807) is 6.20 Å². The van der Waals surface area contributed by atoms with Crippen molar-refractivity contribution in [2.45, 2.75) is 31.6 Å². The van der Waals surface area contributed by atoms with Crippen molar-refractivity contribution in [2.75, 3.05) is 23.7 Å². The number of aliphatic hydroxyl groups is 1. The first kappa shape index (κ1) is 12.7. The molecule has 3 nitrogen and oxygen atoms in total. The van der Waals surface area contributed by atoms with E-state index < -0.39 is 0 Å². The number of hydrogen-bond donors (Lipinski definition) is 1. The Morgan fingerprint density at radius 1 is 1.41 bits per heavy atom. The van der Waals surface area contributed by atoms with Crippen LogP contribution in [0.1, 0.15) is 25.8 Å². The molecule has 4 heteroatoms. The molecule has 1 fully saturated rings. The maximum atomic E-state index is 9.00. The van der Waals surface area contributed by atoms with Gasteiger partial charge < -0.3 is 10.0 Å². The highest BCUT2D eigenvalue weighted by Crippen LogP contribution is 2.31. The number of thioether (sulfide) groups is 1. The van der Waals surface area contributed by atoms with Gasteiger partial charge in [0.1, 0.15) is 5.82 Å². The van der Waals surface area contributed by atoms with Gasteiger partial charge in [-0.2, -0.15) is 11.8 Å². The van der Waals surface area contributed by atoms with E-state index in [0.29, 0.717) is 4.75 Å². The SMILES string of the molecule is CC1(C)CCN(c2ccc(CO)cn2)CCS1. The number of aromatic nitrogens is 1. The highest BCUT2D eigenvalue weighted by molar-refractivity contribution is 8.00. The molecule has 1 aromatic rings. The van der Waals surface area contributed by atoms with Crippen LogP contribution in [-0.4, -0.2) is 33.7 Å². The monoisotopic (exact) mass is 252 g/mol. The van der Waals surface area contributed by atoms with E-state index >= 15 is 0 Å². The minimum Gasteiger partial charge on any atom is -0.392 e. The smallest absolute Gasteiger partial charge is 0.128 e. The number of aliphatic hydroxyl groups excluding tert-OH is 1. The fourth-order valence-corrected chi connectivity index (χ4v) is 3.05. The van der Waals surface area contributed by atoms with Crippen molar-refractivity contribution in [3.05, 3.63) is 23.9 Å². The molecule has 0 amide bonds. The summed E-state index contributed by atoms with van der Waals surface area (Å²) in [6, 6.07) is 3.96. The van der Waals surface area contributed by atoms with Gasteiger partial charge in [-0.1, -0.05) is 19.9 Å². The zero-order valence-corrected chi connectivity index (χ0v) is 11.3. The van der Waals surface area contributed by atoms with Gasteiger partial charge in [0.05, 0.1) is 6.61 Å². The molecule has 94 valence electrons. The summed E-state index contributed by atoms with van der Waals surface area (Å²) < 4.78 is 0.375. The fourth-order valence-electron chi connectivity index (χ4n) is 1.95. The number of rotatable bonds is 2. The Balaban J connectivity index is 2.06. The van der Waals surface area contributed by atoms with E-state index in [1.807, 2.05) is 23.9 Å². The van der Waals surface area contributed by atoms with Crippen molar-refractivity contribution in [3.8, 4) is 0 Å². The third-order valence-corrected chi connectivity index (χ3v) is 4.53. The lowest BCUT2D eigenvalue weighted by Gasteiger charge is -2.23. The van der Waals surface area contributed by atoms with Crippen molar-refractivity contribution in [2.24, 2.45) is 0 Å². The lowest BCUT2D eigenvalue weighted by Crippen LogP contribution is -2.27. The molecule has 2 heterocycles. The molecule has 1 aliphatic heterocycles. The third kappa shape index (κ3) is 3.36. The van der Waals surface area contributed by atoms with Gasteiger partial charge in [0.25, 0.3) is 0 Å². The van der Waals surface area contributed by atoms with Crippen LogP contribution in [-0.2, 0) is 6.61 Å². The van der Waals surface area contributed by atoms with E-state index in [9.17, 15) is 0 Å². The standard InChI is InChI=1S/C13H20N2OS/c1-13(2)5-6-15(7-8-17-13)12-4-3-11(10-16)9-14-12/h3-4,9,16H,5-8,10H2,1-2H3. The van der Waals surface area contributed by atoms with Crippen molar-refractivity contribution >= 4 is 17.6 Å². The molecule has 0 aromatic carbocycles. The molecular formula is C13H20N2OS. The molecule has 0 bridgehead atoms. The summed E-state index contributed by atoms with van der Waals surface area (Å²) in [4.78, 5) is 6.76. The van der Waals surface area contributed by atoms with Gasteiger partial charge >= 0.3 is 0 Å². The summed E-state index contributed by atoms with van der Waals surface area (Å²) in [5.41, 5.74) is 0.873. The average Bonchev–Trinajstić information content (AvgIpc) is 2.50. The Labute approximate surface area is 107 Å². The van der Waals surface area contributed by atoms with Crippen LogP contribution in [0.4, 0.5) is 5.82 Å². The maximum Gasteiger partial charge on any atom is 0.128 e. The summed E-state index contributed by atoms with van der Waals surface area (Å²) in [7, 11) is 0. The second-order valence-corrected chi connectivity index (χ2v) is 6.83. The van der Waals surface area contributed by atoms with Crippen molar-refractivity contribution in [3.63, 3.8) is 0 Å². The normalized spacial score (nSPS) is 20.1. The minimum absolute atomic E-state index is 0.0656. The average molecular weight is 252 g/mol. The molecule has 2 rings (SSSR count). The van der Waals surface area contributed by atoms with Gasteiger partial charge in [-0.25, -0.2) is 4.98 Å². The first-order valence-electron chi connectivity index (χ1n) is 6.05. The van der Waals surface area contributed by atoms with E-state index in [2.05, 4.69) is 23.7 Å². The molecule has 1 saturated heterocycles. The molecular weight excluding hydrogens is 232 g/mol. The largest absolute Gasteiger partial charge is 0.392 e. The third-order valence-electron chi connectivity index (χ3n) is 3.15. The topological polar surface area (TPSA) is 36.4 Å². The first-order chi connectivity index (χ1) is 8.11. The van der Waals surface area contributed by atoms with Crippen LogP contribution in [0.5, 0.6) is 0 Å². The van der Waals surface area contributed by atoms with E-state index in [0.717, 1.165) is 30.2 Å². The summed E-state index contributed by atoms with van der Waals surface area (Å²) in [6.45, 7) is 6.80. The van der Waals surface area contributed by atoms with Gasteiger partial charge in [0, 0.05) is 29.8 Å². The predicted octanol–water partition coefficient (Wildman–Crippen LogP) is 2.30. The lowest BCUT2D eigenvalue weighted by molar-refractivity contribution is 0.281. The van der Waals surface area contributed by atoms with E-state index in [-0.39, 0.29) is 6.61 Å². The van der Waals surface area contributed by atoms with Gasteiger partial charge in [0.2, 0.25) is 0 Å². The summed E-state index contributed by atoms with van der Waals surface area (Å²) in [6.07, 6.45) is 2.94. The molecule has 0 atom stereocenters. The molecule has 0 saturated carbocycles. The number of hydrogen-bond acceptors (Lipinski definition) is 4. The molecule has 0 unspecified atom stereocenters. The van der Waals surface area contributed by atoms with Crippen LogP contribution in [0.25, 0.3) is 0 Å². The van der Waals surface area contributed by atoms with Gasteiger partial charge in [-0.3, -0.25) is 0 Å². The Kier molecular flexibility index (Phi) is 3.94. The fraction of sp³-hybridized carbons (Fsp3) is 0.615. The van der Waals surface area contributed by atoms with Crippen LogP contribution in [0.15, 0.2) is 18.3 Å². The quantitative estimate of drug-likeness (QED) is 0.876. The molecule has 17 heavy (non-hydrogen) atoms. The maximum absolute atomic E-state index is 9.00. The Morgan fingerprint density at radius 3 is 2.88 bits per heavy atom. The van der Waals surface area contributed by atoms with Crippen LogP contribution < -0.4 is 4.90 Å². The van der Waals surface area contributed by atoms with Crippen LogP contribution in [0, 0.1) is 0 Å². The van der Waals surface area contributed by atoms with E-state index in [4.69, 9.17) is 5.11 Å². The van der Waals surface area contributed by atoms with Gasteiger partial charge in [-0.05, 0) is 18.1 Å². The summed E-state index contributed by atoms with van der Waals surface area (Å²) >= 11 is 2.04. The molecule has 1 aromatic heterocycles. The Hall–Kier alpha value is -0.740. The van der Waals surface area contributed by atoms with Crippen LogP contribution in [0.2, 0.25) is 0 Å². The molecule has 0 aliphatic carbocycles.